The molecule has 3 rings (SSSR count). The normalized spacial score (nSPS) is 19.6. The van der Waals surface area contributed by atoms with Crippen LogP contribution in [0.1, 0.15) is 74.7 Å². The number of amides is 3. The maximum absolute atomic E-state index is 13.1. The van der Waals surface area contributed by atoms with Crippen LogP contribution in [0.3, 0.4) is 0 Å². The van der Waals surface area contributed by atoms with Crippen molar-refractivity contribution in [1.82, 2.24) is 15.5 Å². The van der Waals surface area contributed by atoms with Gasteiger partial charge in [-0.1, -0.05) is 38.0 Å². The standard InChI is InChI=1S/C25H37N3O3/c1-4-18(3)26-24(30)22(27-23(29)21-12-8-5-9-17(21)2)19-13-15-28(16-14-19)25(31)20-10-6-7-11-20/h5,8-9,12,18-20,22H,4,6-7,10-11,13-16H2,1-3H3,(H,26,30)(H,27,29). The first-order chi connectivity index (χ1) is 14.9. The van der Waals surface area contributed by atoms with Crippen molar-refractivity contribution in [3.05, 3.63) is 35.4 Å². The van der Waals surface area contributed by atoms with Crippen LogP contribution in [0.15, 0.2) is 24.3 Å². The largest absolute Gasteiger partial charge is 0.352 e. The summed E-state index contributed by atoms with van der Waals surface area (Å²) in [7, 11) is 0. The van der Waals surface area contributed by atoms with Gasteiger partial charge < -0.3 is 15.5 Å². The molecule has 6 heteroatoms. The van der Waals surface area contributed by atoms with Crippen LogP contribution in [0.2, 0.25) is 0 Å². The molecule has 1 aliphatic heterocycles. The molecule has 0 aromatic heterocycles. The molecule has 2 aliphatic rings. The van der Waals surface area contributed by atoms with Gasteiger partial charge in [-0.05, 0) is 63.5 Å². The predicted molar refractivity (Wildman–Crippen MR) is 122 cm³/mol. The van der Waals surface area contributed by atoms with Crippen molar-refractivity contribution in [2.45, 2.75) is 77.8 Å². The van der Waals surface area contributed by atoms with Crippen LogP contribution in [0.4, 0.5) is 0 Å². The fourth-order valence-electron chi connectivity index (χ4n) is 4.76. The average Bonchev–Trinajstić information content (AvgIpc) is 3.32. The number of likely N-dealkylation sites (tertiary alicyclic amines) is 1. The van der Waals surface area contributed by atoms with Gasteiger partial charge in [-0.2, -0.15) is 0 Å². The van der Waals surface area contributed by atoms with Crippen LogP contribution < -0.4 is 10.6 Å². The van der Waals surface area contributed by atoms with Crippen molar-refractivity contribution >= 4 is 17.7 Å². The van der Waals surface area contributed by atoms with Gasteiger partial charge in [0.25, 0.3) is 5.91 Å². The molecule has 31 heavy (non-hydrogen) atoms. The van der Waals surface area contributed by atoms with E-state index in [9.17, 15) is 14.4 Å². The first-order valence-corrected chi connectivity index (χ1v) is 11.9. The minimum absolute atomic E-state index is 0.0182. The van der Waals surface area contributed by atoms with E-state index in [0.29, 0.717) is 18.7 Å². The topological polar surface area (TPSA) is 78.5 Å². The zero-order chi connectivity index (χ0) is 22.4. The Kier molecular flexibility index (Phi) is 8.10. The van der Waals surface area contributed by atoms with Gasteiger partial charge in [0.15, 0.2) is 0 Å². The Morgan fingerprint density at radius 3 is 2.29 bits per heavy atom. The van der Waals surface area contributed by atoms with Crippen LogP contribution in [-0.2, 0) is 9.59 Å². The highest BCUT2D eigenvalue weighted by Gasteiger charge is 2.36. The molecule has 3 amide bonds. The molecule has 2 N–H and O–H groups in total. The molecule has 170 valence electrons. The van der Waals surface area contributed by atoms with Crippen molar-refractivity contribution < 1.29 is 14.4 Å². The molecular formula is C25H37N3O3. The van der Waals surface area contributed by atoms with Gasteiger partial charge in [-0.3, -0.25) is 14.4 Å². The Bertz CT molecular complexity index is 780. The summed E-state index contributed by atoms with van der Waals surface area (Å²) >= 11 is 0. The molecule has 1 aromatic carbocycles. The molecule has 1 aliphatic carbocycles. The van der Waals surface area contributed by atoms with Crippen LogP contribution in [0.25, 0.3) is 0 Å². The number of benzene rings is 1. The third-order valence-electron chi connectivity index (χ3n) is 6.99. The molecule has 2 fully saturated rings. The molecule has 6 nitrogen and oxygen atoms in total. The number of hydrogen-bond acceptors (Lipinski definition) is 3. The van der Waals surface area contributed by atoms with E-state index >= 15 is 0 Å². The van der Waals surface area contributed by atoms with Crippen LogP contribution in [-0.4, -0.2) is 47.8 Å². The second-order valence-corrected chi connectivity index (χ2v) is 9.23. The summed E-state index contributed by atoms with van der Waals surface area (Å²) < 4.78 is 0. The van der Waals surface area contributed by atoms with E-state index in [0.717, 1.165) is 50.5 Å². The first kappa shape index (κ1) is 23.3. The molecule has 1 aromatic rings. The van der Waals surface area contributed by atoms with Crippen molar-refractivity contribution in [3.8, 4) is 0 Å². The first-order valence-electron chi connectivity index (χ1n) is 11.9. The molecule has 1 saturated heterocycles. The lowest BCUT2D eigenvalue weighted by Gasteiger charge is -2.37. The number of nitrogens with zero attached hydrogens (tertiary/aromatic N) is 1. The summed E-state index contributed by atoms with van der Waals surface area (Å²) in [4.78, 5) is 40.8. The maximum atomic E-state index is 13.1. The number of carbonyl (C=O) groups excluding carboxylic acids is 3. The lowest BCUT2D eigenvalue weighted by Crippen LogP contribution is -2.55. The van der Waals surface area contributed by atoms with Gasteiger partial charge in [0.1, 0.15) is 6.04 Å². The van der Waals surface area contributed by atoms with Gasteiger partial charge in [-0.15, -0.1) is 0 Å². The zero-order valence-corrected chi connectivity index (χ0v) is 19.2. The zero-order valence-electron chi connectivity index (χ0n) is 19.2. The van der Waals surface area contributed by atoms with E-state index in [1.54, 1.807) is 6.07 Å². The maximum Gasteiger partial charge on any atom is 0.252 e. The van der Waals surface area contributed by atoms with Gasteiger partial charge in [0, 0.05) is 30.6 Å². The molecule has 2 unspecified atom stereocenters. The summed E-state index contributed by atoms with van der Waals surface area (Å²) in [5, 5.41) is 6.06. The van der Waals surface area contributed by atoms with Crippen LogP contribution in [0.5, 0.6) is 0 Å². The number of carbonyl (C=O) groups is 3. The van der Waals surface area contributed by atoms with Gasteiger partial charge in [0.2, 0.25) is 11.8 Å². The fraction of sp³-hybridized carbons (Fsp3) is 0.640. The minimum Gasteiger partial charge on any atom is -0.352 e. The Labute approximate surface area is 186 Å². The third-order valence-corrected chi connectivity index (χ3v) is 6.99. The van der Waals surface area contributed by atoms with Crippen molar-refractivity contribution in [1.29, 1.82) is 0 Å². The van der Waals surface area contributed by atoms with E-state index in [1.807, 2.05) is 43.9 Å². The summed E-state index contributed by atoms with van der Waals surface area (Å²) in [6, 6.07) is 6.88. The number of aryl methyl sites for hydroxylation is 1. The van der Waals surface area contributed by atoms with Gasteiger partial charge in [0.05, 0.1) is 0 Å². The molecule has 0 radical (unpaired) electrons. The van der Waals surface area contributed by atoms with Gasteiger partial charge in [-0.25, -0.2) is 0 Å². The Morgan fingerprint density at radius 2 is 1.68 bits per heavy atom. The fourth-order valence-corrected chi connectivity index (χ4v) is 4.76. The van der Waals surface area contributed by atoms with E-state index < -0.39 is 6.04 Å². The lowest BCUT2D eigenvalue weighted by molar-refractivity contribution is -0.137. The van der Waals surface area contributed by atoms with Crippen LogP contribution >= 0.6 is 0 Å². The average molecular weight is 428 g/mol. The smallest absolute Gasteiger partial charge is 0.252 e. The molecular weight excluding hydrogens is 390 g/mol. The minimum atomic E-state index is -0.593. The summed E-state index contributed by atoms with van der Waals surface area (Å²) in [5.41, 5.74) is 1.48. The Morgan fingerprint density at radius 1 is 1.03 bits per heavy atom. The van der Waals surface area contributed by atoms with Crippen molar-refractivity contribution in [2.24, 2.45) is 11.8 Å². The van der Waals surface area contributed by atoms with Crippen LogP contribution in [0, 0.1) is 18.8 Å². The highest BCUT2D eigenvalue weighted by atomic mass is 16.2. The lowest BCUT2D eigenvalue weighted by atomic mass is 9.87. The monoisotopic (exact) mass is 427 g/mol. The van der Waals surface area contributed by atoms with E-state index in [2.05, 4.69) is 10.6 Å². The quantitative estimate of drug-likeness (QED) is 0.700. The molecule has 1 heterocycles. The molecule has 0 spiro atoms. The highest BCUT2D eigenvalue weighted by Crippen LogP contribution is 2.29. The number of nitrogens with one attached hydrogen (secondary N) is 2. The Balaban J connectivity index is 1.68. The third kappa shape index (κ3) is 5.86. The number of piperidine rings is 1. The van der Waals surface area contributed by atoms with Crippen molar-refractivity contribution in [3.63, 3.8) is 0 Å². The van der Waals surface area contributed by atoms with E-state index in [-0.39, 0.29) is 35.6 Å². The molecule has 2 atom stereocenters. The van der Waals surface area contributed by atoms with E-state index in [1.165, 1.54) is 0 Å². The van der Waals surface area contributed by atoms with E-state index in [4.69, 9.17) is 0 Å². The molecule has 1 saturated carbocycles. The summed E-state index contributed by atoms with van der Waals surface area (Å²) in [5.74, 6) is 0.135. The van der Waals surface area contributed by atoms with Crippen molar-refractivity contribution in [2.75, 3.05) is 13.1 Å². The highest BCUT2D eigenvalue weighted by molar-refractivity contribution is 5.98. The second-order valence-electron chi connectivity index (χ2n) is 9.23. The van der Waals surface area contributed by atoms with Gasteiger partial charge >= 0.3 is 0 Å². The summed E-state index contributed by atoms with van der Waals surface area (Å²) in [6.45, 7) is 7.22. The second kappa shape index (κ2) is 10.8. The SMILES string of the molecule is CCC(C)NC(=O)C(NC(=O)c1ccccc1C)C1CCN(C(=O)C2CCCC2)CC1. The Hall–Kier alpha value is -2.37. The predicted octanol–water partition coefficient (Wildman–Crippen LogP) is 3.44. The molecule has 0 bridgehead atoms. The number of hydrogen-bond donors (Lipinski definition) is 2. The number of rotatable bonds is 7. The summed E-state index contributed by atoms with van der Waals surface area (Å²) in [6.07, 6.45) is 6.59.